The molecule has 0 aliphatic heterocycles. The van der Waals surface area contributed by atoms with Crippen LogP contribution in [-0.2, 0) is 0 Å². The van der Waals surface area contributed by atoms with Crippen LogP contribution in [0.4, 0.5) is 11.4 Å². The number of anilines is 2. The molecule has 3 N–H and O–H groups in total. The molecular formula is C16H18N2O2. The Labute approximate surface area is 118 Å². The van der Waals surface area contributed by atoms with Crippen LogP contribution < -0.4 is 15.8 Å². The van der Waals surface area contributed by atoms with Crippen molar-refractivity contribution in [2.45, 2.75) is 13.8 Å². The fourth-order valence-electron chi connectivity index (χ4n) is 2.00. The Bertz CT molecular complexity index is 651. The molecular weight excluding hydrogens is 252 g/mol. The van der Waals surface area contributed by atoms with Gasteiger partial charge >= 0.3 is 0 Å². The number of carbonyl (C=O) groups is 1. The van der Waals surface area contributed by atoms with Crippen molar-refractivity contribution in [1.29, 1.82) is 0 Å². The van der Waals surface area contributed by atoms with E-state index in [1.807, 2.05) is 32.0 Å². The molecule has 104 valence electrons. The van der Waals surface area contributed by atoms with Crippen LogP contribution in [0.2, 0.25) is 0 Å². The summed E-state index contributed by atoms with van der Waals surface area (Å²) in [5.41, 5.74) is 9.75. The highest BCUT2D eigenvalue weighted by atomic mass is 16.5. The predicted molar refractivity (Wildman–Crippen MR) is 81.3 cm³/mol. The molecule has 0 bridgehead atoms. The number of hydrogen-bond acceptors (Lipinski definition) is 3. The quantitative estimate of drug-likeness (QED) is 0.842. The molecule has 0 radical (unpaired) electrons. The van der Waals surface area contributed by atoms with Crippen LogP contribution in [-0.4, -0.2) is 13.0 Å². The smallest absolute Gasteiger partial charge is 0.255 e. The third-order valence-electron chi connectivity index (χ3n) is 3.13. The molecule has 0 atom stereocenters. The van der Waals surface area contributed by atoms with E-state index < -0.39 is 0 Å². The van der Waals surface area contributed by atoms with Gasteiger partial charge in [-0.1, -0.05) is 17.7 Å². The Morgan fingerprint density at radius 1 is 1.15 bits per heavy atom. The maximum Gasteiger partial charge on any atom is 0.255 e. The Balaban J connectivity index is 2.24. The van der Waals surface area contributed by atoms with Crippen molar-refractivity contribution in [1.82, 2.24) is 0 Å². The van der Waals surface area contributed by atoms with Crippen molar-refractivity contribution < 1.29 is 9.53 Å². The van der Waals surface area contributed by atoms with Gasteiger partial charge < -0.3 is 15.8 Å². The molecule has 0 fully saturated rings. The summed E-state index contributed by atoms with van der Waals surface area (Å²) in [6.07, 6.45) is 0. The summed E-state index contributed by atoms with van der Waals surface area (Å²) < 4.78 is 5.12. The van der Waals surface area contributed by atoms with Crippen molar-refractivity contribution in [3.05, 3.63) is 53.1 Å². The monoisotopic (exact) mass is 270 g/mol. The van der Waals surface area contributed by atoms with Gasteiger partial charge in [0.15, 0.2) is 0 Å². The number of ether oxygens (including phenoxy) is 1. The Morgan fingerprint density at radius 3 is 2.55 bits per heavy atom. The lowest BCUT2D eigenvalue weighted by molar-refractivity contribution is 0.102. The third kappa shape index (κ3) is 2.91. The zero-order valence-electron chi connectivity index (χ0n) is 11.9. The van der Waals surface area contributed by atoms with Gasteiger partial charge in [-0.15, -0.1) is 0 Å². The van der Waals surface area contributed by atoms with Crippen LogP contribution in [0, 0.1) is 13.8 Å². The minimum Gasteiger partial charge on any atom is -0.495 e. The van der Waals surface area contributed by atoms with E-state index in [2.05, 4.69) is 5.32 Å². The van der Waals surface area contributed by atoms with Crippen molar-refractivity contribution >= 4 is 17.3 Å². The average molecular weight is 270 g/mol. The molecule has 0 spiro atoms. The number of benzene rings is 2. The van der Waals surface area contributed by atoms with Crippen LogP contribution in [0.5, 0.6) is 5.75 Å². The number of amides is 1. The van der Waals surface area contributed by atoms with E-state index >= 15 is 0 Å². The van der Waals surface area contributed by atoms with E-state index in [0.29, 0.717) is 17.0 Å². The summed E-state index contributed by atoms with van der Waals surface area (Å²) in [7, 11) is 1.53. The van der Waals surface area contributed by atoms with Gasteiger partial charge in [0.25, 0.3) is 5.91 Å². The van der Waals surface area contributed by atoms with Gasteiger partial charge in [-0.2, -0.15) is 0 Å². The van der Waals surface area contributed by atoms with Gasteiger partial charge in [0.1, 0.15) is 5.75 Å². The highest BCUT2D eigenvalue weighted by Crippen LogP contribution is 2.23. The first-order chi connectivity index (χ1) is 9.51. The maximum atomic E-state index is 12.2. The average Bonchev–Trinajstić information content (AvgIpc) is 2.42. The minimum absolute atomic E-state index is 0.185. The summed E-state index contributed by atoms with van der Waals surface area (Å²) in [5.74, 6) is 0.313. The van der Waals surface area contributed by atoms with E-state index in [9.17, 15) is 4.79 Å². The van der Waals surface area contributed by atoms with Crippen molar-refractivity contribution in [2.24, 2.45) is 0 Å². The topological polar surface area (TPSA) is 64.3 Å². The van der Waals surface area contributed by atoms with Gasteiger partial charge in [-0.3, -0.25) is 4.79 Å². The summed E-state index contributed by atoms with van der Waals surface area (Å²) >= 11 is 0. The molecule has 0 unspecified atom stereocenters. The van der Waals surface area contributed by atoms with Gasteiger partial charge in [-0.25, -0.2) is 0 Å². The van der Waals surface area contributed by atoms with Crippen LogP contribution >= 0.6 is 0 Å². The van der Waals surface area contributed by atoms with Crippen LogP contribution in [0.25, 0.3) is 0 Å². The number of rotatable bonds is 3. The normalized spacial score (nSPS) is 10.2. The number of aryl methyl sites for hydroxylation is 2. The molecule has 2 aromatic rings. The second-order valence-corrected chi connectivity index (χ2v) is 4.73. The van der Waals surface area contributed by atoms with Crippen LogP contribution in [0.3, 0.4) is 0 Å². The molecule has 2 rings (SSSR count). The van der Waals surface area contributed by atoms with Gasteiger partial charge in [0.05, 0.1) is 12.8 Å². The predicted octanol–water partition coefficient (Wildman–Crippen LogP) is 3.15. The number of nitrogens with one attached hydrogen (secondary N) is 1. The molecule has 4 nitrogen and oxygen atoms in total. The molecule has 0 saturated carbocycles. The second-order valence-electron chi connectivity index (χ2n) is 4.73. The summed E-state index contributed by atoms with van der Waals surface area (Å²) in [5, 5.41) is 2.89. The summed E-state index contributed by atoms with van der Waals surface area (Å²) in [6.45, 7) is 3.98. The fourth-order valence-corrected chi connectivity index (χ4v) is 2.00. The molecule has 0 heterocycles. The first-order valence-corrected chi connectivity index (χ1v) is 6.33. The van der Waals surface area contributed by atoms with Crippen molar-refractivity contribution in [2.75, 3.05) is 18.2 Å². The lowest BCUT2D eigenvalue weighted by atomic mass is 10.1. The van der Waals surface area contributed by atoms with E-state index in [0.717, 1.165) is 16.8 Å². The molecule has 0 saturated heterocycles. The van der Waals surface area contributed by atoms with Gasteiger partial charge in [0, 0.05) is 11.3 Å². The Kier molecular flexibility index (Phi) is 3.94. The Hall–Kier alpha value is -2.49. The first kappa shape index (κ1) is 13.9. The zero-order chi connectivity index (χ0) is 14.7. The summed E-state index contributed by atoms with van der Waals surface area (Å²) in [6, 6.07) is 10.9. The molecule has 0 aromatic heterocycles. The van der Waals surface area contributed by atoms with E-state index in [1.165, 1.54) is 7.11 Å². The van der Waals surface area contributed by atoms with E-state index in [-0.39, 0.29) is 5.91 Å². The SMILES string of the molecule is COc1cc(C(=O)Nc2ccc(C)cc2C)ccc1N. The van der Waals surface area contributed by atoms with Crippen LogP contribution in [0.1, 0.15) is 21.5 Å². The third-order valence-corrected chi connectivity index (χ3v) is 3.13. The molecule has 20 heavy (non-hydrogen) atoms. The first-order valence-electron chi connectivity index (χ1n) is 6.33. The summed E-state index contributed by atoms with van der Waals surface area (Å²) in [4.78, 5) is 12.2. The number of methoxy groups -OCH3 is 1. The number of carbonyl (C=O) groups excluding carboxylic acids is 1. The van der Waals surface area contributed by atoms with Crippen molar-refractivity contribution in [3.8, 4) is 5.75 Å². The lowest BCUT2D eigenvalue weighted by Gasteiger charge is -2.10. The van der Waals surface area contributed by atoms with E-state index in [1.54, 1.807) is 18.2 Å². The number of nitrogen functional groups attached to an aromatic ring is 1. The minimum atomic E-state index is -0.185. The molecule has 4 heteroatoms. The maximum absolute atomic E-state index is 12.2. The number of hydrogen-bond donors (Lipinski definition) is 2. The number of nitrogens with two attached hydrogens (primary N) is 1. The van der Waals surface area contributed by atoms with Gasteiger partial charge in [-0.05, 0) is 43.7 Å². The highest BCUT2D eigenvalue weighted by molar-refractivity contribution is 6.05. The lowest BCUT2D eigenvalue weighted by Crippen LogP contribution is -2.13. The Morgan fingerprint density at radius 2 is 1.90 bits per heavy atom. The second kappa shape index (κ2) is 5.65. The van der Waals surface area contributed by atoms with Crippen molar-refractivity contribution in [3.63, 3.8) is 0 Å². The molecule has 0 aliphatic rings. The molecule has 1 amide bonds. The zero-order valence-corrected chi connectivity index (χ0v) is 11.9. The van der Waals surface area contributed by atoms with Crippen LogP contribution in [0.15, 0.2) is 36.4 Å². The molecule has 2 aromatic carbocycles. The van der Waals surface area contributed by atoms with Gasteiger partial charge in [0.2, 0.25) is 0 Å². The fraction of sp³-hybridized carbons (Fsp3) is 0.188. The molecule has 0 aliphatic carbocycles. The highest BCUT2D eigenvalue weighted by Gasteiger charge is 2.10. The van der Waals surface area contributed by atoms with E-state index in [4.69, 9.17) is 10.5 Å². The largest absolute Gasteiger partial charge is 0.495 e. The standard InChI is InChI=1S/C16H18N2O2/c1-10-4-7-14(11(2)8-10)18-16(19)12-5-6-13(17)15(9-12)20-3/h4-9H,17H2,1-3H3,(H,18,19).